The molecule has 2 heterocycles. The van der Waals surface area contributed by atoms with E-state index in [0.29, 0.717) is 5.54 Å². The van der Waals surface area contributed by atoms with Gasteiger partial charge in [0.05, 0.1) is 0 Å². The van der Waals surface area contributed by atoms with Crippen LogP contribution in [0.2, 0.25) is 0 Å². The summed E-state index contributed by atoms with van der Waals surface area (Å²) in [6.07, 6.45) is 14.1. The highest BCUT2D eigenvalue weighted by Crippen LogP contribution is 2.36. The van der Waals surface area contributed by atoms with Crippen LogP contribution in [0.25, 0.3) is 0 Å². The van der Waals surface area contributed by atoms with Gasteiger partial charge in [-0.05, 0) is 71.1 Å². The molecule has 2 aliphatic heterocycles. The zero-order valence-corrected chi connectivity index (χ0v) is 14.7. The second-order valence-corrected chi connectivity index (χ2v) is 8.09. The van der Waals surface area contributed by atoms with E-state index in [2.05, 4.69) is 16.8 Å². The van der Waals surface area contributed by atoms with Gasteiger partial charge in [0.1, 0.15) is 0 Å². The Morgan fingerprint density at radius 3 is 2.45 bits per heavy atom. The first-order valence-electron chi connectivity index (χ1n) is 9.80. The van der Waals surface area contributed by atoms with Crippen LogP contribution in [0, 0.1) is 5.92 Å². The second kappa shape index (κ2) is 8.12. The molecular weight excluding hydrogens is 272 g/mol. The Balaban J connectivity index is 1.54. The fourth-order valence-electron chi connectivity index (χ4n) is 4.95. The highest BCUT2D eigenvalue weighted by atomic mass is 16.5. The molecule has 3 aliphatic rings. The summed E-state index contributed by atoms with van der Waals surface area (Å²) in [6, 6.07) is 0. The standard InChI is InChI=1S/C19H36N2O/c1-20(14-8-18-9-15-22-16-18)17-19(10-4-2-5-11-19)21-12-6-3-7-13-21/h18H,2-17H2,1H3. The summed E-state index contributed by atoms with van der Waals surface area (Å²) in [5.41, 5.74) is 0.500. The Morgan fingerprint density at radius 1 is 1.05 bits per heavy atom. The van der Waals surface area contributed by atoms with Crippen LogP contribution < -0.4 is 0 Å². The maximum absolute atomic E-state index is 5.53. The first-order valence-corrected chi connectivity index (χ1v) is 9.80. The van der Waals surface area contributed by atoms with Gasteiger partial charge in [0.15, 0.2) is 0 Å². The van der Waals surface area contributed by atoms with E-state index in [9.17, 15) is 0 Å². The van der Waals surface area contributed by atoms with Crippen molar-refractivity contribution in [2.75, 3.05) is 46.4 Å². The van der Waals surface area contributed by atoms with Gasteiger partial charge in [-0.3, -0.25) is 4.90 Å². The maximum atomic E-state index is 5.53. The highest BCUT2D eigenvalue weighted by molar-refractivity contribution is 4.96. The maximum Gasteiger partial charge on any atom is 0.0495 e. The molecule has 0 amide bonds. The molecule has 128 valence electrons. The summed E-state index contributed by atoms with van der Waals surface area (Å²) < 4.78 is 5.53. The minimum atomic E-state index is 0.500. The van der Waals surface area contributed by atoms with Gasteiger partial charge < -0.3 is 9.64 Å². The third-order valence-electron chi connectivity index (χ3n) is 6.32. The molecule has 0 spiro atoms. The normalized spacial score (nSPS) is 30.0. The Labute approximate surface area is 137 Å². The van der Waals surface area contributed by atoms with Crippen LogP contribution in [-0.2, 0) is 4.74 Å². The largest absolute Gasteiger partial charge is 0.381 e. The van der Waals surface area contributed by atoms with Crippen molar-refractivity contribution in [3.05, 3.63) is 0 Å². The zero-order valence-electron chi connectivity index (χ0n) is 14.7. The molecule has 0 aromatic heterocycles. The van der Waals surface area contributed by atoms with Gasteiger partial charge in [-0.1, -0.05) is 25.7 Å². The molecule has 0 radical (unpaired) electrons. The lowest BCUT2D eigenvalue weighted by molar-refractivity contribution is 0.00843. The van der Waals surface area contributed by atoms with E-state index in [0.717, 1.165) is 19.1 Å². The molecule has 0 N–H and O–H groups in total. The van der Waals surface area contributed by atoms with Crippen LogP contribution in [0.3, 0.4) is 0 Å². The van der Waals surface area contributed by atoms with Gasteiger partial charge in [0.25, 0.3) is 0 Å². The number of rotatable bonds is 6. The predicted molar refractivity (Wildman–Crippen MR) is 92.3 cm³/mol. The highest BCUT2D eigenvalue weighted by Gasteiger charge is 2.39. The van der Waals surface area contributed by atoms with Crippen LogP contribution in [0.1, 0.15) is 64.2 Å². The van der Waals surface area contributed by atoms with Crippen LogP contribution in [0.4, 0.5) is 0 Å². The molecule has 1 atom stereocenters. The van der Waals surface area contributed by atoms with Gasteiger partial charge >= 0.3 is 0 Å². The van der Waals surface area contributed by atoms with E-state index in [1.165, 1.54) is 90.4 Å². The molecule has 3 rings (SSSR count). The van der Waals surface area contributed by atoms with Gasteiger partial charge in [0.2, 0.25) is 0 Å². The first-order chi connectivity index (χ1) is 10.8. The van der Waals surface area contributed by atoms with Gasteiger partial charge in [0, 0.05) is 25.3 Å². The Kier molecular flexibility index (Phi) is 6.17. The summed E-state index contributed by atoms with van der Waals surface area (Å²) in [5, 5.41) is 0. The Morgan fingerprint density at radius 2 is 1.77 bits per heavy atom. The summed E-state index contributed by atoms with van der Waals surface area (Å²) in [6.45, 7) is 7.25. The molecule has 0 aromatic carbocycles. The van der Waals surface area contributed by atoms with Crippen LogP contribution in [0.5, 0.6) is 0 Å². The van der Waals surface area contributed by atoms with Crippen LogP contribution in [0.15, 0.2) is 0 Å². The van der Waals surface area contributed by atoms with Crippen molar-refractivity contribution in [1.29, 1.82) is 0 Å². The van der Waals surface area contributed by atoms with E-state index in [1.54, 1.807) is 0 Å². The number of nitrogens with zero attached hydrogens (tertiary/aromatic N) is 2. The van der Waals surface area contributed by atoms with Gasteiger partial charge in [-0.15, -0.1) is 0 Å². The Hall–Kier alpha value is -0.120. The number of likely N-dealkylation sites (tertiary alicyclic amines) is 1. The lowest BCUT2D eigenvalue weighted by Gasteiger charge is -2.50. The lowest BCUT2D eigenvalue weighted by Crippen LogP contribution is -2.57. The van der Waals surface area contributed by atoms with Crippen molar-refractivity contribution >= 4 is 0 Å². The van der Waals surface area contributed by atoms with Crippen LogP contribution in [-0.4, -0.2) is 61.8 Å². The van der Waals surface area contributed by atoms with Crippen molar-refractivity contribution in [1.82, 2.24) is 9.80 Å². The molecule has 1 unspecified atom stereocenters. The van der Waals surface area contributed by atoms with E-state index in [-0.39, 0.29) is 0 Å². The first kappa shape index (κ1) is 16.7. The van der Waals surface area contributed by atoms with Crippen molar-refractivity contribution in [3.8, 4) is 0 Å². The minimum Gasteiger partial charge on any atom is -0.381 e. The molecule has 1 saturated carbocycles. The third kappa shape index (κ3) is 4.24. The fraction of sp³-hybridized carbons (Fsp3) is 1.00. The van der Waals surface area contributed by atoms with Crippen molar-refractivity contribution in [2.24, 2.45) is 5.92 Å². The number of ether oxygens (including phenoxy) is 1. The summed E-state index contributed by atoms with van der Waals surface area (Å²) in [4.78, 5) is 5.52. The van der Waals surface area contributed by atoms with Crippen molar-refractivity contribution < 1.29 is 4.74 Å². The number of hydrogen-bond acceptors (Lipinski definition) is 3. The predicted octanol–water partition coefficient (Wildman–Crippen LogP) is 3.53. The topological polar surface area (TPSA) is 15.7 Å². The van der Waals surface area contributed by atoms with Gasteiger partial charge in [-0.25, -0.2) is 0 Å². The molecule has 0 aromatic rings. The average molecular weight is 309 g/mol. The van der Waals surface area contributed by atoms with Crippen molar-refractivity contribution in [3.63, 3.8) is 0 Å². The molecule has 3 nitrogen and oxygen atoms in total. The third-order valence-corrected chi connectivity index (χ3v) is 6.32. The average Bonchev–Trinajstić information content (AvgIpc) is 3.08. The van der Waals surface area contributed by atoms with Crippen LogP contribution >= 0.6 is 0 Å². The molecule has 22 heavy (non-hydrogen) atoms. The van der Waals surface area contributed by atoms with Crippen molar-refractivity contribution in [2.45, 2.75) is 69.7 Å². The monoisotopic (exact) mass is 308 g/mol. The zero-order chi connectivity index (χ0) is 15.3. The number of hydrogen-bond donors (Lipinski definition) is 0. The van der Waals surface area contributed by atoms with E-state index < -0.39 is 0 Å². The summed E-state index contributed by atoms with van der Waals surface area (Å²) in [7, 11) is 2.36. The second-order valence-electron chi connectivity index (χ2n) is 8.09. The van der Waals surface area contributed by atoms with Gasteiger partial charge in [-0.2, -0.15) is 0 Å². The molecule has 0 bridgehead atoms. The molecule has 3 fully saturated rings. The summed E-state index contributed by atoms with van der Waals surface area (Å²) >= 11 is 0. The van der Waals surface area contributed by atoms with E-state index >= 15 is 0 Å². The molecular formula is C19H36N2O. The molecule has 2 saturated heterocycles. The van der Waals surface area contributed by atoms with E-state index in [1.807, 2.05) is 0 Å². The number of likely N-dealkylation sites (N-methyl/N-ethyl adjacent to an activating group) is 1. The number of piperidine rings is 1. The fourth-order valence-corrected chi connectivity index (χ4v) is 4.95. The molecule has 3 heteroatoms. The Bertz CT molecular complexity index is 315. The molecule has 1 aliphatic carbocycles. The van der Waals surface area contributed by atoms with E-state index in [4.69, 9.17) is 4.74 Å². The SMILES string of the molecule is CN(CCC1CCOC1)CC1(N2CCCCC2)CCCCC1. The smallest absolute Gasteiger partial charge is 0.0495 e. The minimum absolute atomic E-state index is 0.500. The lowest BCUT2D eigenvalue weighted by atomic mass is 9.78. The summed E-state index contributed by atoms with van der Waals surface area (Å²) in [5.74, 6) is 0.819. The quantitative estimate of drug-likeness (QED) is 0.746.